The van der Waals surface area contributed by atoms with Crippen LogP contribution in [0.25, 0.3) is 0 Å². The Hall–Kier alpha value is -0.830. The molecule has 2 aliphatic heterocycles. The van der Waals surface area contributed by atoms with Crippen LogP contribution in [0.3, 0.4) is 0 Å². The number of aliphatic imine (C=N–C) groups is 1. The summed E-state index contributed by atoms with van der Waals surface area (Å²) in [6.07, 6.45) is 33.0. The molecule has 1 atom stereocenters. The van der Waals surface area contributed by atoms with E-state index in [1.165, 1.54) is 166 Å². The number of likely N-dealkylation sites (tertiary alicyclic amines) is 1. The van der Waals surface area contributed by atoms with Crippen LogP contribution in [0.2, 0.25) is 0 Å². The van der Waals surface area contributed by atoms with E-state index in [1.807, 2.05) is 0 Å². The summed E-state index contributed by atoms with van der Waals surface area (Å²) in [6, 6.07) is 0.724. The smallest absolute Gasteiger partial charge is 0.124 e. The van der Waals surface area contributed by atoms with Gasteiger partial charge in [-0.1, -0.05) is 138 Å². The van der Waals surface area contributed by atoms with Crippen molar-refractivity contribution in [2.75, 3.05) is 19.6 Å². The molecule has 4 aliphatic rings. The predicted octanol–water partition coefficient (Wildman–Crippen LogP) is 12.3. The van der Waals surface area contributed by atoms with E-state index in [-0.39, 0.29) is 0 Å². The van der Waals surface area contributed by atoms with Crippen molar-refractivity contribution in [2.24, 2.45) is 15.8 Å². The van der Waals surface area contributed by atoms with E-state index in [9.17, 15) is 0 Å². The standard InChI is InChI=1S/C29H51N3.C4H10.2C3H8/c1-3-4-5-6-7-8-9-10-11-12-18-29(23-28(29)19-20-28)24-30-26-16-21-32(22-17-26)27-15-13-14-25(2)31-27;1-3-4-2;2*1-3-2/h15,26,30H,3-14,16-24H2,1-2H3;3-4H2,1-2H3;2*3H2,1-2H3. The maximum atomic E-state index is 4.81. The number of hydrogen-bond donors (Lipinski definition) is 1. The summed E-state index contributed by atoms with van der Waals surface area (Å²) in [6.45, 7) is 21.0. The minimum atomic E-state index is 0.678. The first-order chi connectivity index (χ1) is 20.4. The first-order valence-corrected chi connectivity index (χ1v) is 19.1. The van der Waals surface area contributed by atoms with Crippen LogP contribution in [-0.2, 0) is 0 Å². The van der Waals surface area contributed by atoms with Crippen LogP contribution in [0.4, 0.5) is 0 Å². The van der Waals surface area contributed by atoms with Gasteiger partial charge >= 0.3 is 0 Å². The Morgan fingerprint density at radius 1 is 0.762 bits per heavy atom. The molecular formula is C39H77N3. The van der Waals surface area contributed by atoms with E-state index < -0.39 is 0 Å². The number of unbranched alkanes of at least 4 members (excludes halogenated alkanes) is 10. The second-order valence-electron chi connectivity index (χ2n) is 14.2. The molecule has 0 aromatic rings. The minimum Gasteiger partial charge on any atom is -0.357 e. The topological polar surface area (TPSA) is 27.6 Å². The molecule has 1 unspecified atom stereocenters. The molecule has 2 saturated carbocycles. The van der Waals surface area contributed by atoms with Crippen molar-refractivity contribution in [3.8, 4) is 0 Å². The Balaban J connectivity index is 0.000000773. The van der Waals surface area contributed by atoms with Crippen molar-refractivity contribution in [1.29, 1.82) is 0 Å². The SMILES string of the molecule is CCC.CCC.CCCC.CCCCCCCCCCCCC1(CNC2CCN(C3=CCCC(C)=N3)CC2)CC12CC2. The molecule has 1 spiro atoms. The highest BCUT2D eigenvalue weighted by Gasteiger charge is 2.72. The molecule has 2 heterocycles. The fourth-order valence-electron chi connectivity index (χ4n) is 6.66. The third-order valence-electron chi connectivity index (χ3n) is 9.73. The molecule has 0 aromatic carbocycles. The zero-order valence-electron chi connectivity index (χ0n) is 30.2. The molecule has 248 valence electrons. The van der Waals surface area contributed by atoms with Gasteiger partial charge in [-0.15, -0.1) is 0 Å². The van der Waals surface area contributed by atoms with Gasteiger partial charge in [0.2, 0.25) is 0 Å². The fraction of sp³-hybridized carbons (Fsp3) is 0.923. The lowest BCUT2D eigenvalue weighted by Gasteiger charge is -2.35. The maximum Gasteiger partial charge on any atom is 0.124 e. The molecule has 3 nitrogen and oxygen atoms in total. The Bertz CT molecular complexity index is 694. The molecule has 42 heavy (non-hydrogen) atoms. The molecular weight excluding hydrogens is 510 g/mol. The summed E-state index contributed by atoms with van der Waals surface area (Å²) >= 11 is 0. The van der Waals surface area contributed by atoms with E-state index in [2.05, 4.69) is 71.7 Å². The van der Waals surface area contributed by atoms with Crippen molar-refractivity contribution in [3.63, 3.8) is 0 Å². The van der Waals surface area contributed by atoms with Gasteiger partial charge in [0.25, 0.3) is 0 Å². The van der Waals surface area contributed by atoms with Gasteiger partial charge in [0.15, 0.2) is 0 Å². The van der Waals surface area contributed by atoms with Crippen LogP contribution in [0, 0.1) is 10.8 Å². The molecule has 0 radical (unpaired) electrons. The van der Waals surface area contributed by atoms with Gasteiger partial charge in [-0.05, 0) is 75.2 Å². The van der Waals surface area contributed by atoms with Gasteiger partial charge in [0, 0.05) is 31.4 Å². The monoisotopic (exact) mass is 588 g/mol. The lowest BCUT2D eigenvalue weighted by Crippen LogP contribution is -2.44. The van der Waals surface area contributed by atoms with E-state index in [0.717, 1.165) is 17.9 Å². The number of piperidine rings is 1. The van der Waals surface area contributed by atoms with Gasteiger partial charge in [-0.3, -0.25) is 0 Å². The summed E-state index contributed by atoms with van der Waals surface area (Å²) in [5.74, 6) is 1.25. The Kier molecular flexibility index (Phi) is 22.0. The first kappa shape index (κ1) is 39.2. The summed E-state index contributed by atoms with van der Waals surface area (Å²) in [7, 11) is 0. The lowest BCUT2D eigenvalue weighted by molar-refractivity contribution is 0.226. The molecule has 0 bridgehead atoms. The minimum absolute atomic E-state index is 0.678. The molecule has 0 aromatic heterocycles. The zero-order valence-corrected chi connectivity index (χ0v) is 30.2. The third-order valence-corrected chi connectivity index (χ3v) is 9.73. The van der Waals surface area contributed by atoms with E-state index in [1.54, 1.807) is 0 Å². The lowest BCUT2D eigenvalue weighted by atomic mass is 9.92. The van der Waals surface area contributed by atoms with Gasteiger partial charge in [0.1, 0.15) is 5.82 Å². The summed E-state index contributed by atoms with van der Waals surface area (Å²) < 4.78 is 0. The summed E-state index contributed by atoms with van der Waals surface area (Å²) in [5, 5.41) is 4.06. The highest BCUT2D eigenvalue weighted by Crippen LogP contribution is 2.80. The Labute approximate surface area is 265 Å². The predicted molar refractivity (Wildman–Crippen MR) is 191 cm³/mol. The average Bonchev–Trinajstić information content (AvgIpc) is 3.91. The normalized spacial score (nSPS) is 22.0. The number of allylic oxidation sites excluding steroid dienone is 1. The highest BCUT2D eigenvalue weighted by atomic mass is 15.2. The molecule has 0 amide bonds. The molecule has 4 rings (SSSR count). The van der Waals surface area contributed by atoms with Crippen LogP contribution >= 0.6 is 0 Å². The van der Waals surface area contributed by atoms with Crippen LogP contribution in [-0.4, -0.2) is 36.3 Å². The van der Waals surface area contributed by atoms with Gasteiger partial charge < -0.3 is 10.2 Å². The highest BCUT2D eigenvalue weighted by molar-refractivity contribution is 5.83. The van der Waals surface area contributed by atoms with E-state index in [4.69, 9.17) is 4.99 Å². The second-order valence-corrected chi connectivity index (χ2v) is 14.2. The number of hydrogen-bond acceptors (Lipinski definition) is 3. The van der Waals surface area contributed by atoms with Crippen LogP contribution < -0.4 is 5.32 Å². The Morgan fingerprint density at radius 3 is 1.74 bits per heavy atom. The van der Waals surface area contributed by atoms with Crippen molar-refractivity contribution in [3.05, 3.63) is 11.9 Å². The molecule has 1 saturated heterocycles. The van der Waals surface area contributed by atoms with E-state index >= 15 is 0 Å². The van der Waals surface area contributed by atoms with Crippen LogP contribution in [0.15, 0.2) is 16.9 Å². The van der Waals surface area contributed by atoms with Gasteiger partial charge in [-0.2, -0.15) is 0 Å². The maximum absolute atomic E-state index is 4.81. The third kappa shape index (κ3) is 15.3. The first-order valence-electron chi connectivity index (χ1n) is 19.1. The van der Waals surface area contributed by atoms with Crippen molar-refractivity contribution >= 4 is 5.71 Å². The van der Waals surface area contributed by atoms with E-state index in [0.29, 0.717) is 5.41 Å². The summed E-state index contributed by atoms with van der Waals surface area (Å²) in [4.78, 5) is 7.34. The largest absolute Gasteiger partial charge is 0.357 e. The zero-order chi connectivity index (χ0) is 31.1. The quantitative estimate of drug-likeness (QED) is 0.182. The number of nitrogens with one attached hydrogen (secondary N) is 1. The molecule has 3 heteroatoms. The van der Waals surface area contributed by atoms with Crippen molar-refractivity contribution in [1.82, 2.24) is 10.2 Å². The molecule has 1 N–H and O–H groups in total. The van der Waals surface area contributed by atoms with Gasteiger partial charge in [-0.25, -0.2) is 4.99 Å². The fourth-order valence-corrected chi connectivity index (χ4v) is 6.66. The summed E-state index contributed by atoms with van der Waals surface area (Å²) in [5.41, 5.74) is 2.77. The Morgan fingerprint density at radius 2 is 1.29 bits per heavy atom. The number of nitrogens with zero attached hydrogens (tertiary/aromatic N) is 2. The van der Waals surface area contributed by atoms with Crippen molar-refractivity contribution < 1.29 is 0 Å². The molecule has 2 aliphatic carbocycles. The van der Waals surface area contributed by atoms with Gasteiger partial charge in [0.05, 0.1) is 0 Å². The van der Waals surface area contributed by atoms with Crippen molar-refractivity contribution in [2.45, 2.75) is 203 Å². The average molecular weight is 588 g/mol. The van der Waals surface area contributed by atoms with Crippen LogP contribution in [0.1, 0.15) is 197 Å². The molecule has 3 fully saturated rings. The van der Waals surface area contributed by atoms with Crippen LogP contribution in [0.5, 0.6) is 0 Å². The second kappa shape index (κ2) is 23.5. The number of rotatable bonds is 16.